The van der Waals surface area contributed by atoms with E-state index >= 15 is 0 Å². The molecular formula is C14H13BrO3S2. The van der Waals surface area contributed by atoms with Crippen molar-refractivity contribution in [1.82, 2.24) is 0 Å². The van der Waals surface area contributed by atoms with E-state index in [1.807, 2.05) is 11.4 Å². The Balaban J connectivity index is 2.09. The predicted octanol–water partition coefficient (Wildman–Crippen LogP) is 3.12. The molecule has 0 bridgehead atoms. The first kappa shape index (κ1) is 14.3. The van der Waals surface area contributed by atoms with Gasteiger partial charge in [-0.25, -0.2) is 8.42 Å². The maximum absolute atomic E-state index is 12.1. The summed E-state index contributed by atoms with van der Waals surface area (Å²) in [7, 11) is -3.27. The van der Waals surface area contributed by atoms with Crippen LogP contribution in [0.25, 0.3) is 0 Å². The van der Waals surface area contributed by atoms with Crippen LogP contribution in [-0.4, -0.2) is 19.3 Å². The molecule has 6 heteroatoms. The SMILES string of the molecule is O=S1(=O)CCC(O)(Cc2sccc2Br)c2ccccc21. The molecule has 3 nitrogen and oxygen atoms in total. The number of benzene rings is 1. The molecule has 0 radical (unpaired) electrons. The second-order valence-corrected chi connectivity index (χ2v) is 8.90. The summed E-state index contributed by atoms with van der Waals surface area (Å²) in [6, 6.07) is 8.71. The molecule has 0 saturated carbocycles. The summed E-state index contributed by atoms with van der Waals surface area (Å²) in [5, 5.41) is 12.9. The molecule has 1 aromatic heterocycles. The number of aliphatic hydroxyl groups is 1. The quantitative estimate of drug-likeness (QED) is 0.880. The van der Waals surface area contributed by atoms with Crippen LogP contribution < -0.4 is 0 Å². The van der Waals surface area contributed by atoms with E-state index < -0.39 is 15.4 Å². The van der Waals surface area contributed by atoms with Gasteiger partial charge in [0, 0.05) is 21.3 Å². The van der Waals surface area contributed by atoms with Gasteiger partial charge >= 0.3 is 0 Å². The van der Waals surface area contributed by atoms with E-state index in [0.717, 1.165) is 9.35 Å². The first-order valence-corrected chi connectivity index (χ1v) is 9.51. The van der Waals surface area contributed by atoms with Gasteiger partial charge in [-0.15, -0.1) is 11.3 Å². The standard InChI is InChI=1S/C14H13BrO3S2/c15-11-5-7-19-12(11)9-14(16)6-8-20(17,18)13-4-2-1-3-10(13)14/h1-5,7,16H,6,8-9H2. The molecule has 1 aliphatic heterocycles. The molecule has 2 heterocycles. The Labute approximate surface area is 130 Å². The van der Waals surface area contributed by atoms with Crippen LogP contribution in [0, 0.1) is 0 Å². The third-order valence-corrected chi connectivity index (χ3v) is 7.35. The summed E-state index contributed by atoms with van der Waals surface area (Å²) in [5.41, 5.74) is -0.596. The number of rotatable bonds is 2. The second kappa shape index (κ2) is 4.94. The molecule has 0 saturated heterocycles. The van der Waals surface area contributed by atoms with E-state index in [9.17, 15) is 13.5 Å². The van der Waals surface area contributed by atoms with E-state index in [1.165, 1.54) is 0 Å². The van der Waals surface area contributed by atoms with E-state index in [-0.39, 0.29) is 17.1 Å². The van der Waals surface area contributed by atoms with E-state index in [4.69, 9.17) is 0 Å². The normalized spacial score (nSPS) is 24.3. The lowest BCUT2D eigenvalue weighted by Gasteiger charge is -2.34. The third-order valence-electron chi connectivity index (χ3n) is 3.65. The fourth-order valence-electron chi connectivity index (χ4n) is 2.57. The van der Waals surface area contributed by atoms with Crippen molar-refractivity contribution in [3.8, 4) is 0 Å². The number of fused-ring (bicyclic) bond motifs is 1. The zero-order chi connectivity index (χ0) is 14.4. The Hall–Kier alpha value is -0.690. The summed E-state index contributed by atoms with van der Waals surface area (Å²) in [5.74, 6) is -0.0104. The van der Waals surface area contributed by atoms with Crippen molar-refractivity contribution in [2.24, 2.45) is 0 Å². The Morgan fingerprint density at radius 1 is 1.30 bits per heavy atom. The summed E-state index contributed by atoms with van der Waals surface area (Å²) < 4.78 is 25.2. The molecule has 1 aliphatic rings. The monoisotopic (exact) mass is 372 g/mol. The number of hydrogen-bond acceptors (Lipinski definition) is 4. The van der Waals surface area contributed by atoms with Crippen LogP contribution in [0.3, 0.4) is 0 Å². The van der Waals surface area contributed by atoms with Gasteiger partial charge in [0.05, 0.1) is 16.2 Å². The second-order valence-electron chi connectivity index (χ2n) is 4.97. The summed E-state index contributed by atoms with van der Waals surface area (Å²) in [6.45, 7) is 0. The molecule has 0 aliphatic carbocycles. The molecule has 0 amide bonds. The van der Waals surface area contributed by atoms with Gasteiger partial charge in [-0.2, -0.15) is 0 Å². The van der Waals surface area contributed by atoms with Crippen LogP contribution >= 0.6 is 27.3 Å². The average Bonchev–Trinajstić information content (AvgIpc) is 2.81. The van der Waals surface area contributed by atoms with Crippen LogP contribution in [0.2, 0.25) is 0 Å². The highest BCUT2D eigenvalue weighted by Crippen LogP contribution is 2.41. The highest BCUT2D eigenvalue weighted by atomic mass is 79.9. The Kier molecular flexibility index (Phi) is 3.52. The number of thiophene rings is 1. The van der Waals surface area contributed by atoms with Crippen LogP contribution in [-0.2, 0) is 21.9 Å². The highest BCUT2D eigenvalue weighted by molar-refractivity contribution is 9.10. The first-order valence-electron chi connectivity index (χ1n) is 6.19. The molecule has 106 valence electrons. The van der Waals surface area contributed by atoms with Crippen molar-refractivity contribution in [3.05, 3.63) is 50.6 Å². The fourth-order valence-corrected chi connectivity index (χ4v) is 5.87. The van der Waals surface area contributed by atoms with Crippen molar-refractivity contribution in [3.63, 3.8) is 0 Å². The van der Waals surface area contributed by atoms with Gasteiger partial charge in [-0.1, -0.05) is 18.2 Å². The van der Waals surface area contributed by atoms with Crippen molar-refractivity contribution >= 4 is 37.1 Å². The number of sulfone groups is 1. The third kappa shape index (κ3) is 2.35. The van der Waals surface area contributed by atoms with Crippen LogP contribution in [0.1, 0.15) is 16.9 Å². The molecular weight excluding hydrogens is 360 g/mol. The lowest BCUT2D eigenvalue weighted by atomic mass is 9.87. The molecule has 2 aromatic rings. The van der Waals surface area contributed by atoms with Gasteiger partial charge in [0.15, 0.2) is 9.84 Å². The minimum atomic E-state index is -3.27. The summed E-state index contributed by atoms with van der Waals surface area (Å²) in [4.78, 5) is 1.29. The molecule has 1 atom stereocenters. The Morgan fingerprint density at radius 3 is 2.75 bits per heavy atom. The molecule has 1 N–H and O–H groups in total. The van der Waals surface area contributed by atoms with E-state index in [1.54, 1.807) is 35.6 Å². The largest absolute Gasteiger partial charge is 0.385 e. The van der Waals surface area contributed by atoms with Gasteiger partial charge in [-0.05, 0) is 39.9 Å². The predicted molar refractivity (Wildman–Crippen MR) is 82.7 cm³/mol. The molecule has 0 fully saturated rings. The molecule has 1 unspecified atom stereocenters. The van der Waals surface area contributed by atoms with Gasteiger partial charge in [0.2, 0.25) is 0 Å². The zero-order valence-electron chi connectivity index (χ0n) is 10.5. The highest BCUT2D eigenvalue weighted by Gasteiger charge is 2.40. The van der Waals surface area contributed by atoms with Gasteiger partial charge in [0.25, 0.3) is 0 Å². The number of hydrogen-bond donors (Lipinski definition) is 1. The summed E-state index contributed by atoms with van der Waals surface area (Å²) in [6.07, 6.45) is 0.661. The van der Waals surface area contributed by atoms with Crippen molar-refractivity contribution in [2.75, 3.05) is 5.75 Å². The topological polar surface area (TPSA) is 54.4 Å². The number of halogens is 1. The van der Waals surface area contributed by atoms with Gasteiger partial charge in [-0.3, -0.25) is 0 Å². The summed E-state index contributed by atoms with van der Waals surface area (Å²) >= 11 is 5.02. The first-order chi connectivity index (χ1) is 9.42. The van der Waals surface area contributed by atoms with Crippen LogP contribution in [0.5, 0.6) is 0 Å². The van der Waals surface area contributed by atoms with E-state index in [2.05, 4.69) is 15.9 Å². The average molecular weight is 373 g/mol. The Morgan fingerprint density at radius 2 is 2.05 bits per heavy atom. The van der Waals surface area contributed by atoms with Crippen molar-refractivity contribution in [2.45, 2.75) is 23.3 Å². The Bertz CT molecular complexity index is 751. The van der Waals surface area contributed by atoms with Crippen LogP contribution in [0.15, 0.2) is 45.1 Å². The molecule has 20 heavy (non-hydrogen) atoms. The van der Waals surface area contributed by atoms with Crippen LogP contribution in [0.4, 0.5) is 0 Å². The molecule has 1 aromatic carbocycles. The van der Waals surface area contributed by atoms with Crippen molar-refractivity contribution < 1.29 is 13.5 Å². The maximum atomic E-state index is 12.1. The molecule has 3 rings (SSSR count). The minimum Gasteiger partial charge on any atom is -0.385 e. The fraction of sp³-hybridized carbons (Fsp3) is 0.286. The zero-order valence-corrected chi connectivity index (χ0v) is 13.8. The maximum Gasteiger partial charge on any atom is 0.178 e. The lowest BCUT2D eigenvalue weighted by Crippen LogP contribution is -2.37. The smallest absolute Gasteiger partial charge is 0.178 e. The van der Waals surface area contributed by atoms with Crippen molar-refractivity contribution in [1.29, 1.82) is 0 Å². The van der Waals surface area contributed by atoms with Gasteiger partial charge < -0.3 is 5.11 Å². The van der Waals surface area contributed by atoms with Gasteiger partial charge in [0.1, 0.15) is 0 Å². The molecule has 0 spiro atoms. The lowest BCUT2D eigenvalue weighted by molar-refractivity contribution is 0.0289. The van der Waals surface area contributed by atoms with E-state index in [0.29, 0.717) is 12.0 Å². The minimum absolute atomic E-state index is 0.0104.